The highest BCUT2D eigenvalue weighted by Crippen LogP contribution is 2.36. The van der Waals surface area contributed by atoms with E-state index >= 15 is 0 Å². The Labute approximate surface area is 68.5 Å². The van der Waals surface area contributed by atoms with Crippen LogP contribution in [0.15, 0.2) is 0 Å². The molecule has 0 aromatic rings. The van der Waals surface area contributed by atoms with Crippen molar-refractivity contribution in [2.75, 3.05) is 11.5 Å². The molecule has 0 aromatic heterocycles. The standard InChI is InChI=1S/C7H10F2OS/c1-5(10)7(8,9)6-2-3-11-4-6/h6H,2-4H2,1H3. The number of halogens is 2. The second kappa shape index (κ2) is 3.09. The molecule has 1 rings (SSSR count). The van der Waals surface area contributed by atoms with Crippen LogP contribution in [0.3, 0.4) is 0 Å². The fourth-order valence-corrected chi connectivity index (χ4v) is 2.39. The van der Waals surface area contributed by atoms with Crippen LogP contribution in [-0.2, 0) is 4.79 Å². The molecule has 1 saturated heterocycles. The monoisotopic (exact) mass is 180 g/mol. The molecule has 1 heterocycles. The van der Waals surface area contributed by atoms with E-state index in [1.807, 2.05) is 0 Å². The predicted molar refractivity (Wildman–Crippen MR) is 41.1 cm³/mol. The van der Waals surface area contributed by atoms with E-state index in [9.17, 15) is 13.6 Å². The zero-order valence-electron chi connectivity index (χ0n) is 6.27. The first-order valence-electron chi connectivity index (χ1n) is 3.51. The van der Waals surface area contributed by atoms with Crippen LogP contribution in [0.1, 0.15) is 13.3 Å². The van der Waals surface area contributed by atoms with Crippen molar-refractivity contribution < 1.29 is 13.6 Å². The van der Waals surface area contributed by atoms with Crippen LogP contribution in [0.2, 0.25) is 0 Å². The molecule has 0 aromatic carbocycles. The maximum Gasteiger partial charge on any atom is 0.308 e. The maximum absolute atomic E-state index is 12.9. The highest BCUT2D eigenvalue weighted by molar-refractivity contribution is 7.99. The Bertz CT molecular complexity index is 164. The number of thioether (sulfide) groups is 1. The quantitative estimate of drug-likeness (QED) is 0.646. The second-order valence-corrected chi connectivity index (χ2v) is 3.89. The van der Waals surface area contributed by atoms with Crippen molar-refractivity contribution in [3.63, 3.8) is 0 Å². The summed E-state index contributed by atoms with van der Waals surface area (Å²) in [6.07, 6.45) is 0.469. The molecule has 0 bridgehead atoms. The molecule has 1 fully saturated rings. The molecule has 1 nitrogen and oxygen atoms in total. The van der Waals surface area contributed by atoms with Gasteiger partial charge >= 0.3 is 5.92 Å². The van der Waals surface area contributed by atoms with Crippen LogP contribution in [0.4, 0.5) is 8.78 Å². The molecular formula is C7H10F2OS. The lowest BCUT2D eigenvalue weighted by Crippen LogP contribution is -2.35. The summed E-state index contributed by atoms with van der Waals surface area (Å²) >= 11 is 1.49. The van der Waals surface area contributed by atoms with Crippen molar-refractivity contribution in [3.05, 3.63) is 0 Å². The highest BCUT2D eigenvalue weighted by Gasteiger charge is 2.45. The fraction of sp³-hybridized carbons (Fsp3) is 0.857. The SMILES string of the molecule is CC(=O)C(F)(F)C1CCSC1. The molecule has 0 spiro atoms. The van der Waals surface area contributed by atoms with E-state index in [4.69, 9.17) is 0 Å². The van der Waals surface area contributed by atoms with Crippen molar-refractivity contribution in [3.8, 4) is 0 Å². The Hall–Kier alpha value is -0.120. The van der Waals surface area contributed by atoms with Crippen molar-refractivity contribution in [1.29, 1.82) is 0 Å². The Morgan fingerprint density at radius 3 is 2.64 bits per heavy atom. The van der Waals surface area contributed by atoms with E-state index in [0.29, 0.717) is 12.2 Å². The number of hydrogen-bond acceptors (Lipinski definition) is 2. The average Bonchev–Trinajstić information content (AvgIpc) is 2.37. The third kappa shape index (κ3) is 1.72. The van der Waals surface area contributed by atoms with E-state index < -0.39 is 17.6 Å². The molecule has 0 aliphatic carbocycles. The normalized spacial score (nSPS) is 25.5. The molecule has 1 aliphatic heterocycles. The molecule has 11 heavy (non-hydrogen) atoms. The zero-order valence-corrected chi connectivity index (χ0v) is 7.09. The summed E-state index contributed by atoms with van der Waals surface area (Å²) in [5, 5.41) is 0. The van der Waals surface area contributed by atoms with Gasteiger partial charge in [0.2, 0.25) is 0 Å². The first-order valence-corrected chi connectivity index (χ1v) is 4.67. The smallest absolute Gasteiger partial charge is 0.293 e. The fourth-order valence-electron chi connectivity index (χ4n) is 1.11. The minimum atomic E-state index is -3.08. The Morgan fingerprint density at radius 2 is 2.27 bits per heavy atom. The largest absolute Gasteiger partial charge is 0.308 e. The predicted octanol–water partition coefficient (Wildman–Crippen LogP) is 1.96. The van der Waals surface area contributed by atoms with Crippen LogP contribution in [0.25, 0.3) is 0 Å². The lowest BCUT2D eigenvalue weighted by molar-refractivity contribution is -0.147. The van der Waals surface area contributed by atoms with Crippen molar-refractivity contribution in [2.45, 2.75) is 19.3 Å². The third-order valence-corrected chi connectivity index (χ3v) is 3.07. The summed E-state index contributed by atoms with van der Waals surface area (Å²) in [6.45, 7) is 0.961. The molecule has 0 N–H and O–H groups in total. The van der Waals surface area contributed by atoms with Gasteiger partial charge in [-0.1, -0.05) is 0 Å². The molecule has 0 amide bonds. The van der Waals surface area contributed by atoms with Gasteiger partial charge in [-0.15, -0.1) is 0 Å². The molecule has 1 aliphatic rings. The van der Waals surface area contributed by atoms with Gasteiger partial charge in [-0.3, -0.25) is 4.79 Å². The number of rotatable bonds is 2. The van der Waals surface area contributed by atoms with Crippen LogP contribution >= 0.6 is 11.8 Å². The van der Waals surface area contributed by atoms with Gasteiger partial charge in [0.25, 0.3) is 0 Å². The summed E-state index contributed by atoms with van der Waals surface area (Å²) in [5.41, 5.74) is 0. The van der Waals surface area contributed by atoms with Gasteiger partial charge in [0.15, 0.2) is 5.78 Å². The lowest BCUT2D eigenvalue weighted by atomic mass is 9.98. The van der Waals surface area contributed by atoms with Crippen molar-refractivity contribution in [1.82, 2.24) is 0 Å². The Morgan fingerprint density at radius 1 is 1.64 bits per heavy atom. The van der Waals surface area contributed by atoms with E-state index in [1.165, 1.54) is 11.8 Å². The first kappa shape index (κ1) is 8.97. The summed E-state index contributed by atoms with van der Waals surface area (Å²) in [4.78, 5) is 10.5. The Kier molecular flexibility index (Phi) is 2.52. The minimum Gasteiger partial charge on any atom is -0.293 e. The Balaban J connectivity index is 2.62. The maximum atomic E-state index is 12.9. The van der Waals surface area contributed by atoms with Gasteiger partial charge in [0.05, 0.1) is 0 Å². The molecule has 4 heteroatoms. The lowest BCUT2D eigenvalue weighted by Gasteiger charge is -2.18. The van der Waals surface area contributed by atoms with Crippen LogP contribution in [0, 0.1) is 5.92 Å². The summed E-state index contributed by atoms with van der Waals surface area (Å²) in [6, 6.07) is 0. The van der Waals surface area contributed by atoms with Crippen LogP contribution < -0.4 is 0 Å². The van der Waals surface area contributed by atoms with E-state index in [-0.39, 0.29) is 0 Å². The van der Waals surface area contributed by atoms with Crippen molar-refractivity contribution in [2.24, 2.45) is 5.92 Å². The number of carbonyl (C=O) groups excluding carboxylic acids is 1. The topological polar surface area (TPSA) is 17.1 Å². The highest BCUT2D eigenvalue weighted by atomic mass is 32.2. The van der Waals surface area contributed by atoms with E-state index in [0.717, 1.165) is 12.7 Å². The average molecular weight is 180 g/mol. The molecule has 1 unspecified atom stereocenters. The summed E-state index contributed by atoms with van der Waals surface area (Å²) < 4.78 is 25.8. The van der Waals surface area contributed by atoms with Gasteiger partial charge in [-0.2, -0.15) is 20.5 Å². The zero-order chi connectivity index (χ0) is 8.48. The van der Waals surface area contributed by atoms with Gasteiger partial charge < -0.3 is 0 Å². The minimum absolute atomic E-state index is 0.423. The second-order valence-electron chi connectivity index (χ2n) is 2.74. The summed E-state index contributed by atoms with van der Waals surface area (Å²) in [5.74, 6) is -3.61. The third-order valence-electron chi connectivity index (χ3n) is 1.91. The summed E-state index contributed by atoms with van der Waals surface area (Å²) in [7, 11) is 0. The van der Waals surface area contributed by atoms with E-state index in [1.54, 1.807) is 0 Å². The van der Waals surface area contributed by atoms with Gasteiger partial charge in [-0.05, 0) is 12.2 Å². The number of Topliss-reactive ketones (excluding diaryl/α,β-unsaturated/α-hetero) is 1. The molecular weight excluding hydrogens is 170 g/mol. The van der Waals surface area contributed by atoms with Gasteiger partial charge in [-0.25, -0.2) is 0 Å². The van der Waals surface area contributed by atoms with Gasteiger partial charge in [0.1, 0.15) is 0 Å². The van der Waals surface area contributed by atoms with Crippen LogP contribution in [-0.4, -0.2) is 23.2 Å². The van der Waals surface area contributed by atoms with Crippen molar-refractivity contribution >= 4 is 17.5 Å². The molecule has 0 saturated carbocycles. The number of ketones is 1. The number of hydrogen-bond donors (Lipinski definition) is 0. The number of carbonyl (C=O) groups is 1. The van der Waals surface area contributed by atoms with Gasteiger partial charge in [0, 0.05) is 18.6 Å². The number of alkyl halides is 2. The van der Waals surface area contributed by atoms with Crippen LogP contribution in [0.5, 0.6) is 0 Å². The van der Waals surface area contributed by atoms with E-state index in [2.05, 4.69) is 0 Å². The first-order chi connectivity index (χ1) is 5.05. The molecule has 64 valence electrons. The molecule has 0 radical (unpaired) electrons. The molecule has 1 atom stereocenters.